The number of hydrogen-bond acceptors (Lipinski definition) is 6. The topological polar surface area (TPSA) is 53.9 Å². The first-order valence-corrected chi connectivity index (χ1v) is 6.76. The summed E-state index contributed by atoms with van der Waals surface area (Å²) in [6.45, 7) is 12.6. The Morgan fingerprint density at radius 2 is 1.50 bits per heavy atom. The quantitative estimate of drug-likeness (QED) is 0.805. The number of rotatable bonds is 5. The summed E-state index contributed by atoms with van der Waals surface area (Å²) in [5, 5.41) is 3.62. The van der Waals surface area contributed by atoms with Crippen LogP contribution in [0, 0.1) is 0 Å². The summed E-state index contributed by atoms with van der Waals surface area (Å²) in [6.07, 6.45) is 0. The van der Waals surface area contributed by atoms with Crippen LogP contribution in [0.4, 0.5) is 11.9 Å². The van der Waals surface area contributed by atoms with Crippen LogP contribution in [-0.2, 0) is 0 Å². The van der Waals surface area contributed by atoms with E-state index >= 15 is 0 Å². The minimum atomic E-state index is 0.277. The Hall–Kier alpha value is -1.04. The van der Waals surface area contributed by atoms with Crippen LogP contribution in [-0.4, -0.2) is 33.1 Å². The molecule has 1 aromatic rings. The minimum Gasteiger partial charge on any atom is -0.352 e. The van der Waals surface area contributed by atoms with Crippen molar-refractivity contribution >= 4 is 24.5 Å². The van der Waals surface area contributed by atoms with Crippen LogP contribution in [0.15, 0.2) is 5.16 Å². The first-order chi connectivity index (χ1) is 8.31. The van der Waals surface area contributed by atoms with Crippen molar-refractivity contribution in [2.45, 2.75) is 64.8 Å². The maximum absolute atomic E-state index is 4.46. The third-order valence-corrected chi connectivity index (χ3v) is 2.57. The van der Waals surface area contributed by atoms with Crippen molar-refractivity contribution in [1.29, 1.82) is 0 Å². The van der Waals surface area contributed by atoms with E-state index in [0.29, 0.717) is 29.1 Å². The number of anilines is 2. The molecule has 0 aliphatic heterocycles. The molecule has 0 saturated carbocycles. The Labute approximate surface area is 115 Å². The molecule has 1 rings (SSSR count). The fraction of sp³-hybridized carbons (Fsp3) is 0.750. The van der Waals surface area contributed by atoms with Crippen molar-refractivity contribution in [3.63, 3.8) is 0 Å². The van der Waals surface area contributed by atoms with E-state index in [9.17, 15) is 0 Å². The van der Waals surface area contributed by atoms with Gasteiger partial charge in [-0.1, -0.05) is 0 Å². The molecule has 18 heavy (non-hydrogen) atoms. The molecule has 0 aliphatic rings. The van der Waals surface area contributed by atoms with E-state index in [1.165, 1.54) is 0 Å². The van der Waals surface area contributed by atoms with E-state index < -0.39 is 0 Å². The standard InChI is InChI=1S/C12H23N5S/c1-7(2)13-10-14-11(16-12(18)15-10)17(8(3)4)9(5)6/h7-9H,1-6H3,(H2,13,14,15,16,18). The zero-order valence-electron chi connectivity index (χ0n) is 12.0. The normalized spacial score (nSPS) is 11.4. The highest BCUT2D eigenvalue weighted by Crippen LogP contribution is 2.18. The molecule has 6 heteroatoms. The highest BCUT2D eigenvalue weighted by atomic mass is 32.1. The molecular formula is C12H23N5S. The van der Waals surface area contributed by atoms with Crippen LogP contribution in [0.3, 0.4) is 0 Å². The molecule has 0 atom stereocenters. The summed E-state index contributed by atoms with van der Waals surface area (Å²) in [4.78, 5) is 15.1. The first kappa shape index (κ1) is 15.0. The molecule has 0 saturated heterocycles. The molecule has 0 bridgehead atoms. The molecule has 0 unspecified atom stereocenters. The third kappa shape index (κ3) is 4.01. The van der Waals surface area contributed by atoms with Gasteiger partial charge in [-0.3, -0.25) is 0 Å². The van der Waals surface area contributed by atoms with Crippen LogP contribution in [0.2, 0.25) is 0 Å². The second-order valence-corrected chi connectivity index (χ2v) is 5.55. The van der Waals surface area contributed by atoms with E-state index in [1.54, 1.807) is 0 Å². The van der Waals surface area contributed by atoms with Gasteiger partial charge >= 0.3 is 0 Å². The second kappa shape index (κ2) is 6.22. The van der Waals surface area contributed by atoms with Crippen molar-refractivity contribution in [3.05, 3.63) is 0 Å². The van der Waals surface area contributed by atoms with Crippen molar-refractivity contribution in [3.8, 4) is 0 Å². The van der Waals surface area contributed by atoms with Crippen LogP contribution in [0.1, 0.15) is 41.5 Å². The molecule has 1 heterocycles. The summed E-state index contributed by atoms with van der Waals surface area (Å²) in [7, 11) is 0. The van der Waals surface area contributed by atoms with Crippen LogP contribution >= 0.6 is 12.6 Å². The SMILES string of the molecule is CC(C)Nc1nc(S)nc(N(C(C)C)C(C)C)n1. The zero-order chi connectivity index (χ0) is 13.9. The highest BCUT2D eigenvalue weighted by molar-refractivity contribution is 7.80. The van der Waals surface area contributed by atoms with E-state index in [4.69, 9.17) is 0 Å². The van der Waals surface area contributed by atoms with Gasteiger partial charge in [0.05, 0.1) is 0 Å². The van der Waals surface area contributed by atoms with Gasteiger partial charge in [-0.25, -0.2) is 0 Å². The minimum absolute atomic E-state index is 0.277. The number of aromatic nitrogens is 3. The van der Waals surface area contributed by atoms with Gasteiger partial charge in [0.15, 0.2) is 5.16 Å². The maximum atomic E-state index is 4.46. The van der Waals surface area contributed by atoms with Gasteiger partial charge in [0.25, 0.3) is 0 Å². The molecule has 5 nitrogen and oxygen atoms in total. The first-order valence-electron chi connectivity index (χ1n) is 6.31. The molecular weight excluding hydrogens is 246 g/mol. The van der Waals surface area contributed by atoms with Crippen molar-refractivity contribution in [1.82, 2.24) is 15.0 Å². The summed E-state index contributed by atoms with van der Waals surface area (Å²) < 4.78 is 0. The Kier molecular flexibility index (Phi) is 5.19. The summed E-state index contributed by atoms with van der Waals surface area (Å²) in [5.74, 6) is 1.24. The summed E-state index contributed by atoms with van der Waals surface area (Å²) in [5.41, 5.74) is 0. The van der Waals surface area contributed by atoms with Gasteiger partial charge in [-0.15, -0.1) is 12.6 Å². The fourth-order valence-corrected chi connectivity index (χ4v) is 2.03. The maximum Gasteiger partial charge on any atom is 0.231 e. The molecule has 1 N–H and O–H groups in total. The smallest absolute Gasteiger partial charge is 0.231 e. The molecule has 0 aromatic carbocycles. The van der Waals surface area contributed by atoms with Gasteiger partial charge in [-0.2, -0.15) is 15.0 Å². The van der Waals surface area contributed by atoms with E-state index in [1.807, 2.05) is 13.8 Å². The van der Waals surface area contributed by atoms with Crippen LogP contribution in [0.5, 0.6) is 0 Å². The van der Waals surface area contributed by atoms with Crippen LogP contribution < -0.4 is 10.2 Å². The molecule has 102 valence electrons. The number of nitrogens with zero attached hydrogens (tertiary/aromatic N) is 4. The predicted molar refractivity (Wildman–Crippen MR) is 78.6 cm³/mol. The Balaban J connectivity index is 3.10. The molecule has 1 aromatic heterocycles. The zero-order valence-corrected chi connectivity index (χ0v) is 12.9. The highest BCUT2D eigenvalue weighted by Gasteiger charge is 2.18. The molecule has 0 aliphatic carbocycles. The third-order valence-electron chi connectivity index (χ3n) is 2.37. The van der Waals surface area contributed by atoms with Crippen molar-refractivity contribution in [2.24, 2.45) is 0 Å². The lowest BCUT2D eigenvalue weighted by molar-refractivity contribution is 0.585. The average Bonchev–Trinajstić information content (AvgIpc) is 2.13. The summed E-state index contributed by atoms with van der Waals surface area (Å²) in [6, 6.07) is 0.929. The number of nitrogens with one attached hydrogen (secondary N) is 1. The lowest BCUT2D eigenvalue weighted by atomic mass is 10.2. The van der Waals surface area contributed by atoms with Gasteiger partial charge in [0, 0.05) is 18.1 Å². The van der Waals surface area contributed by atoms with Crippen LogP contribution in [0.25, 0.3) is 0 Å². The van der Waals surface area contributed by atoms with Gasteiger partial charge in [-0.05, 0) is 41.5 Å². The van der Waals surface area contributed by atoms with E-state index in [-0.39, 0.29) is 6.04 Å². The Bertz CT molecular complexity index is 384. The lowest BCUT2D eigenvalue weighted by Crippen LogP contribution is -2.38. The predicted octanol–water partition coefficient (Wildman–Crippen LogP) is 2.60. The number of hydrogen-bond donors (Lipinski definition) is 2. The van der Waals surface area contributed by atoms with E-state index in [0.717, 1.165) is 0 Å². The van der Waals surface area contributed by atoms with Crippen molar-refractivity contribution < 1.29 is 0 Å². The molecule has 0 amide bonds. The number of thiol groups is 1. The monoisotopic (exact) mass is 269 g/mol. The Morgan fingerprint density at radius 3 is 1.94 bits per heavy atom. The molecule has 0 fully saturated rings. The molecule has 0 radical (unpaired) electrons. The largest absolute Gasteiger partial charge is 0.352 e. The molecule has 0 spiro atoms. The lowest BCUT2D eigenvalue weighted by Gasteiger charge is -2.30. The fourth-order valence-electron chi connectivity index (χ4n) is 1.85. The van der Waals surface area contributed by atoms with Gasteiger partial charge < -0.3 is 10.2 Å². The average molecular weight is 269 g/mol. The van der Waals surface area contributed by atoms with E-state index in [2.05, 4.69) is 65.5 Å². The van der Waals surface area contributed by atoms with Gasteiger partial charge in [0.1, 0.15) is 0 Å². The second-order valence-electron chi connectivity index (χ2n) is 5.15. The van der Waals surface area contributed by atoms with Crippen molar-refractivity contribution in [2.75, 3.05) is 10.2 Å². The summed E-state index contributed by atoms with van der Waals surface area (Å²) >= 11 is 4.25. The van der Waals surface area contributed by atoms with Gasteiger partial charge in [0.2, 0.25) is 11.9 Å². The Morgan fingerprint density at radius 1 is 0.944 bits per heavy atom.